The number of Topliss-reactive ketones (excluding diaryl/α,β-unsaturated/α-hetero) is 2. The molecule has 0 saturated heterocycles. The van der Waals surface area contributed by atoms with Crippen LogP contribution in [0.25, 0.3) is 0 Å². The first-order valence-electron chi connectivity index (χ1n) is 5.24. The molecule has 1 rings (SSSR count). The predicted octanol–water partition coefficient (Wildman–Crippen LogP) is 1.27. The second-order valence-electron chi connectivity index (χ2n) is 3.80. The number of rotatable bonds is 3. The standard InChI is InChI=1S/C11H16O4/c1-3-8(12)11(10(14)15-2)7-5-4-6-9(11)13/h3-7H2,1-2H3. The number of carbonyl (C=O) groups excluding carboxylic acids is 3. The summed E-state index contributed by atoms with van der Waals surface area (Å²) in [5.74, 6) is -1.26. The van der Waals surface area contributed by atoms with Crippen LogP contribution < -0.4 is 0 Å². The van der Waals surface area contributed by atoms with Crippen molar-refractivity contribution in [1.29, 1.82) is 0 Å². The van der Waals surface area contributed by atoms with E-state index in [0.29, 0.717) is 12.8 Å². The van der Waals surface area contributed by atoms with Crippen molar-refractivity contribution < 1.29 is 19.1 Å². The highest BCUT2D eigenvalue weighted by Crippen LogP contribution is 2.36. The van der Waals surface area contributed by atoms with Crippen molar-refractivity contribution in [1.82, 2.24) is 0 Å². The maximum Gasteiger partial charge on any atom is 0.327 e. The molecule has 1 aliphatic rings. The molecule has 0 amide bonds. The first-order chi connectivity index (χ1) is 7.09. The van der Waals surface area contributed by atoms with Gasteiger partial charge in [-0.2, -0.15) is 0 Å². The molecular weight excluding hydrogens is 196 g/mol. The fourth-order valence-corrected chi connectivity index (χ4v) is 2.13. The smallest absolute Gasteiger partial charge is 0.327 e. The number of ketones is 2. The van der Waals surface area contributed by atoms with Gasteiger partial charge in [0.25, 0.3) is 0 Å². The van der Waals surface area contributed by atoms with Gasteiger partial charge in [0, 0.05) is 12.8 Å². The maximum atomic E-state index is 11.8. The van der Waals surface area contributed by atoms with Crippen molar-refractivity contribution >= 4 is 17.5 Å². The summed E-state index contributed by atoms with van der Waals surface area (Å²) in [5.41, 5.74) is -1.48. The number of hydrogen-bond donors (Lipinski definition) is 0. The summed E-state index contributed by atoms with van der Waals surface area (Å²) in [5, 5.41) is 0. The van der Waals surface area contributed by atoms with E-state index in [2.05, 4.69) is 4.74 Å². The van der Waals surface area contributed by atoms with E-state index >= 15 is 0 Å². The van der Waals surface area contributed by atoms with Crippen LogP contribution in [0.1, 0.15) is 39.0 Å². The molecule has 0 bridgehead atoms. The summed E-state index contributed by atoms with van der Waals surface area (Å²) in [6.07, 6.45) is 2.30. The lowest BCUT2D eigenvalue weighted by atomic mass is 9.69. The van der Waals surface area contributed by atoms with Crippen molar-refractivity contribution in [2.45, 2.75) is 39.0 Å². The third-order valence-electron chi connectivity index (χ3n) is 3.01. The largest absolute Gasteiger partial charge is 0.468 e. The van der Waals surface area contributed by atoms with E-state index in [-0.39, 0.29) is 18.0 Å². The number of hydrogen-bond acceptors (Lipinski definition) is 4. The van der Waals surface area contributed by atoms with Crippen LogP contribution in [0.15, 0.2) is 0 Å². The van der Waals surface area contributed by atoms with Gasteiger partial charge in [0.2, 0.25) is 0 Å². The van der Waals surface area contributed by atoms with Gasteiger partial charge in [-0.3, -0.25) is 14.4 Å². The molecule has 15 heavy (non-hydrogen) atoms. The summed E-state index contributed by atoms with van der Waals surface area (Å²) in [6.45, 7) is 1.66. The van der Waals surface area contributed by atoms with E-state index in [4.69, 9.17) is 0 Å². The molecule has 0 N–H and O–H groups in total. The van der Waals surface area contributed by atoms with Crippen LogP contribution in [0.2, 0.25) is 0 Å². The van der Waals surface area contributed by atoms with E-state index in [1.165, 1.54) is 7.11 Å². The summed E-state index contributed by atoms with van der Waals surface area (Å²) >= 11 is 0. The molecule has 1 unspecified atom stereocenters. The van der Waals surface area contributed by atoms with Crippen LogP contribution in [-0.4, -0.2) is 24.6 Å². The van der Waals surface area contributed by atoms with Crippen molar-refractivity contribution in [3.8, 4) is 0 Å². The molecule has 1 atom stereocenters. The fraction of sp³-hybridized carbons (Fsp3) is 0.727. The Bertz CT molecular complexity index is 263. The number of ether oxygens (including phenoxy) is 1. The van der Waals surface area contributed by atoms with Gasteiger partial charge in [-0.25, -0.2) is 0 Å². The topological polar surface area (TPSA) is 60.4 Å². The zero-order valence-electron chi connectivity index (χ0n) is 9.17. The molecule has 1 aliphatic carbocycles. The Morgan fingerprint density at radius 1 is 1.40 bits per heavy atom. The van der Waals surface area contributed by atoms with E-state index in [9.17, 15) is 14.4 Å². The number of methoxy groups -OCH3 is 1. The van der Waals surface area contributed by atoms with Gasteiger partial charge < -0.3 is 4.74 Å². The van der Waals surface area contributed by atoms with Crippen LogP contribution in [-0.2, 0) is 19.1 Å². The molecule has 0 spiro atoms. The molecule has 0 aromatic rings. The molecular formula is C11H16O4. The summed E-state index contributed by atoms with van der Waals surface area (Å²) in [7, 11) is 1.22. The Morgan fingerprint density at radius 2 is 2.07 bits per heavy atom. The van der Waals surface area contributed by atoms with Crippen LogP contribution >= 0.6 is 0 Å². The minimum atomic E-state index is -1.48. The Balaban J connectivity index is 3.09. The van der Waals surface area contributed by atoms with Crippen molar-refractivity contribution in [3.05, 3.63) is 0 Å². The van der Waals surface area contributed by atoms with Gasteiger partial charge in [-0.1, -0.05) is 13.3 Å². The SMILES string of the molecule is CCC(=O)C1(C(=O)OC)CCCCC1=O. The molecule has 0 aromatic heterocycles. The molecule has 0 heterocycles. The highest BCUT2D eigenvalue weighted by atomic mass is 16.5. The lowest BCUT2D eigenvalue weighted by Crippen LogP contribution is -2.48. The summed E-state index contributed by atoms with van der Waals surface area (Å²) in [4.78, 5) is 35.2. The lowest BCUT2D eigenvalue weighted by Gasteiger charge is -2.31. The van der Waals surface area contributed by atoms with E-state index < -0.39 is 11.4 Å². The molecule has 1 saturated carbocycles. The predicted molar refractivity (Wildman–Crippen MR) is 53.2 cm³/mol. The average Bonchev–Trinajstić information content (AvgIpc) is 2.28. The van der Waals surface area contributed by atoms with Crippen molar-refractivity contribution in [3.63, 3.8) is 0 Å². The molecule has 84 valence electrons. The highest BCUT2D eigenvalue weighted by molar-refractivity contribution is 6.22. The quantitative estimate of drug-likeness (QED) is 0.522. The molecule has 0 aliphatic heterocycles. The van der Waals surface area contributed by atoms with Crippen molar-refractivity contribution in [2.24, 2.45) is 5.41 Å². The number of carbonyl (C=O) groups is 3. The molecule has 1 fully saturated rings. The Labute approximate surface area is 89.0 Å². The first-order valence-corrected chi connectivity index (χ1v) is 5.24. The Hall–Kier alpha value is -1.19. The van der Waals surface area contributed by atoms with Gasteiger partial charge >= 0.3 is 5.97 Å². The van der Waals surface area contributed by atoms with Gasteiger partial charge in [0.1, 0.15) is 0 Å². The van der Waals surface area contributed by atoms with E-state index in [0.717, 1.165) is 12.8 Å². The second kappa shape index (κ2) is 4.55. The minimum Gasteiger partial charge on any atom is -0.468 e. The van der Waals surface area contributed by atoms with Crippen LogP contribution in [0.4, 0.5) is 0 Å². The van der Waals surface area contributed by atoms with Crippen molar-refractivity contribution in [2.75, 3.05) is 7.11 Å². The number of esters is 1. The first kappa shape index (κ1) is 11.9. The molecule has 0 aromatic carbocycles. The van der Waals surface area contributed by atoms with Crippen LogP contribution in [0.5, 0.6) is 0 Å². The monoisotopic (exact) mass is 212 g/mol. The second-order valence-corrected chi connectivity index (χ2v) is 3.80. The van der Waals surface area contributed by atoms with E-state index in [1.807, 2.05) is 0 Å². The molecule has 4 heteroatoms. The maximum absolute atomic E-state index is 11.8. The third-order valence-corrected chi connectivity index (χ3v) is 3.01. The Morgan fingerprint density at radius 3 is 2.53 bits per heavy atom. The van der Waals surface area contributed by atoms with Gasteiger partial charge in [0.05, 0.1) is 7.11 Å². The normalized spacial score (nSPS) is 26.1. The van der Waals surface area contributed by atoms with Crippen LogP contribution in [0, 0.1) is 5.41 Å². The van der Waals surface area contributed by atoms with Crippen LogP contribution in [0.3, 0.4) is 0 Å². The van der Waals surface area contributed by atoms with Gasteiger partial charge in [0.15, 0.2) is 17.0 Å². The van der Waals surface area contributed by atoms with Gasteiger partial charge in [-0.15, -0.1) is 0 Å². The Kier molecular flexibility index (Phi) is 3.61. The average molecular weight is 212 g/mol. The van der Waals surface area contributed by atoms with Gasteiger partial charge in [-0.05, 0) is 12.8 Å². The minimum absolute atomic E-state index is 0.195. The zero-order chi connectivity index (χ0) is 11.5. The van der Waals surface area contributed by atoms with E-state index in [1.54, 1.807) is 6.92 Å². The summed E-state index contributed by atoms with van der Waals surface area (Å²) in [6, 6.07) is 0. The highest BCUT2D eigenvalue weighted by Gasteiger charge is 2.52. The third kappa shape index (κ3) is 1.80. The fourth-order valence-electron chi connectivity index (χ4n) is 2.13. The zero-order valence-corrected chi connectivity index (χ0v) is 9.17. The lowest BCUT2D eigenvalue weighted by molar-refractivity contribution is -0.164. The summed E-state index contributed by atoms with van der Waals surface area (Å²) < 4.78 is 4.61. The molecule has 0 radical (unpaired) electrons. The molecule has 4 nitrogen and oxygen atoms in total.